The van der Waals surface area contributed by atoms with Gasteiger partial charge in [-0.15, -0.1) is 0 Å². The Morgan fingerprint density at radius 1 is 1.19 bits per heavy atom. The maximum atomic E-state index is 12.7. The summed E-state index contributed by atoms with van der Waals surface area (Å²) in [6.45, 7) is 3.51. The second-order valence-electron chi connectivity index (χ2n) is 5.99. The summed E-state index contributed by atoms with van der Waals surface area (Å²) in [6, 6.07) is 15.1. The fraction of sp³-hybridized carbons (Fsp3) is 0.158. The smallest absolute Gasteiger partial charge is 0.269 e. The van der Waals surface area contributed by atoms with Crippen molar-refractivity contribution in [3.8, 4) is 0 Å². The lowest BCUT2D eigenvalue weighted by molar-refractivity contribution is -0.384. The molecule has 0 saturated heterocycles. The fourth-order valence-corrected chi connectivity index (χ4v) is 2.73. The molecule has 1 amide bonds. The molecule has 1 unspecified atom stereocenters. The molecule has 3 rings (SSSR count). The van der Waals surface area contributed by atoms with E-state index in [1.165, 1.54) is 23.4 Å². The van der Waals surface area contributed by atoms with Crippen molar-refractivity contribution in [1.29, 1.82) is 0 Å². The van der Waals surface area contributed by atoms with E-state index in [1.54, 1.807) is 26.0 Å². The zero-order valence-corrected chi connectivity index (χ0v) is 14.8. The molecule has 1 aliphatic rings. The van der Waals surface area contributed by atoms with Gasteiger partial charge >= 0.3 is 0 Å². The Hall–Kier alpha value is -3.68. The molecule has 0 fully saturated rings. The number of carbonyl (C=O) groups is 1. The van der Waals surface area contributed by atoms with Crippen LogP contribution in [0.2, 0.25) is 0 Å². The van der Waals surface area contributed by atoms with Gasteiger partial charge in [0.15, 0.2) is 0 Å². The van der Waals surface area contributed by atoms with Crippen LogP contribution in [0.4, 0.5) is 11.4 Å². The summed E-state index contributed by atoms with van der Waals surface area (Å²) >= 11 is 0. The molecule has 1 heterocycles. The van der Waals surface area contributed by atoms with Gasteiger partial charge < -0.3 is 0 Å². The van der Waals surface area contributed by atoms with E-state index in [1.807, 2.05) is 30.3 Å². The van der Waals surface area contributed by atoms with Crippen LogP contribution >= 0.6 is 0 Å². The zero-order chi connectivity index (χ0) is 19.4. The van der Waals surface area contributed by atoms with Gasteiger partial charge in [0, 0.05) is 12.1 Å². The Morgan fingerprint density at radius 3 is 2.48 bits per heavy atom. The number of anilines is 1. The Kier molecular flexibility index (Phi) is 5.16. The molecule has 0 spiro atoms. The molecule has 0 bridgehead atoms. The highest BCUT2D eigenvalue weighted by Gasteiger charge is 2.36. The molecule has 1 aliphatic heterocycles. The van der Waals surface area contributed by atoms with Crippen LogP contribution in [0.25, 0.3) is 0 Å². The van der Waals surface area contributed by atoms with Gasteiger partial charge in [0.1, 0.15) is 5.92 Å². The molecule has 8 nitrogen and oxygen atoms in total. The van der Waals surface area contributed by atoms with Crippen molar-refractivity contribution >= 4 is 34.9 Å². The lowest BCUT2D eigenvalue weighted by Crippen LogP contribution is -2.31. The summed E-state index contributed by atoms with van der Waals surface area (Å²) in [5.41, 5.74) is 2.56. The predicted octanol–water partition coefficient (Wildman–Crippen LogP) is 3.43. The number of rotatable bonds is 5. The number of hydrogen-bond acceptors (Lipinski definition) is 6. The number of carbonyl (C=O) groups excluding carboxylic acids is 1. The molecular formula is C19H17N5O3. The van der Waals surface area contributed by atoms with Crippen molar-refractivity contribution in [2.45, 2.75) is 13.8 Å². The van der Waals surface area contributed by atoms with Crippen molar-refractivity contribution in [2.75, 3.05) is 5.01 Å². The van der Waals surface area contributed by atoms with E-state index in [2.05, 4.69) is 15.3 Å². The third kappa shape index (κ3) is 3.95. The van der Waals surface area contributed by atoms with Crippen LogP contribution < -0.4 is 5.01 Å². The van der Waals surface area contributed by atoms with Gasteiger partial charge in [-0.25, -0.2) is 0 Å². The van der Waals surface area contributed by atoms with Gasteiger partial charge in [-0.1, -0.05) is 18.2 Å². The van der Waals surface area contributed by atoms with E-state index in [4.69, 9.17) is 0 Å². The Labute approximate surface area is 155 Å². The number of amides is 1. The van der Waals surface area contributed by atoms with E-state index >= 15 is 0 Å². The van der Waals surface area contributed by atoms with Gasteiger partial charge in [-0.2, -0.15) is 20.3 Å². The maximum Gasteiger partial charge on any atom is 0.269 e. The minimum atomic E-state index is -0.556. The number of nitrogens with zero attached hydrogens (tertiary/aromatic N) is 5. The van der Waals surface area contributed by atoms with Gasteiger partial charge in [-0.05, 0) is 43.7 Å². The largest absolute Gasteiger partial charge is 0.271 e. The van der Waals surface area contributed by atoms with Crippen LogP contribution in [0.3, 0.4) is 0 Å². The summed E-state index contributed by atoms with van der Waals surface area (Å²) in [4.78, 5) is 22.9. The van der Waals surface area contributed by atoms with Crippen LogP contribution in [0.15, 0.2) is 69.9 Å². The molecule has 0 aromatic heterocycles. The van der Waals surface area contributed by atoms with Crippen LogP contribution in [-0.4, -0.2) is 28.5 Å². The van der Waals surface area contributed by atoms with Crippen LogP contribution in [0, 0.1) is 16.0 Å². The highest BCUT2D eigenvalue weighted by atomic mass is 16.6. The highest BCUT2D eigenvalue weighted by Crippen LogP contribution is 2.24. The molecule has 0 N–H and O–H groups in total. The lowest BCUT2D eigenvalue weighted by Gasteiger charge is -2.13. The number of para-hydroxylation sites is 1. The van der Waals surface area contributed by atoms with Crippen LogP contribution in [-0.2, 0) is 4.79 Å². The number of benzene rings is 2. The second kappa shape index (κ2) is 7.69. The van der Waals surface area contributed by atoms with Gasteiger partial charge in [0.2, 0.25) is 0 Å². The SMILES string of the molecule is CC1=NN(c2ccccc2)C(=O)C1/C(C)=N\N=C\c1ccc([N+](=O)[O-])cc1. The van der Waals surface area contributed by atoms with Gasteiger partial charge in [-0.3, -0.25) is 14.9 Å². The summed E-state index contributed by atoms with van der Waals surface area (Å²) in [7, 11) is 0. The quantitative estimate of drug-likeness (QED) is 0.462. The lowest BCUT2D eigenvalue weighted by atomic mass is 9.99. The van der Waals surface area contributed by atoms with Crippen molar-refractivity contribution in [3.05, 3.63) is 70.3 Å². The van der Waals surface area contributed by atoms with E-state index in [-0.39, 0.29) is 11.6 Å². The van der Waals surface area contributed by atoms with Crippen molar-refractivity contribution in [1.82, 2.24) is 0 Å². The van der Waals surface area contributed by atoms with Crippen molar-refractivity contribution in [3.63, 3.8) is 0 Å². The summed E-state index contributed by atoms with van der Waals surface area (Å²) in [5, 5.41) is 24.5. The molecule has 0 aliphatic carbocycles. The summed E-state index contributed by atoms with van der Waals surface area (Å²) in [6.07, 6.45) is 1.48. The van der Waals surface area contributed by atoms with E-state index in [0.717, 1.165) is 0 Å². The third-order valence-corrected chi connectivity index (χ3v) is 4.08. The van der Waals surface area contributed by atoms with Crippen molar-refractivity contribution in [2.24, 2.45) is 21.2 Å². The van der Waals surface area contributed by atoms with E-state index in [9.17, 15) is 14.9 Å². The van der Waals surface area contributed by atoms with E-state index < -0.39 is 10.8 Å². The van der Waals surface area contributed by atoms with Crippen LogP contribution in [0.5, 0.6) is 0 Å². The normalized spacial score (nSPS) is 17.5. The topological polar surface area (TPSA) is 101 Å². The van der Waals surface area contributed by atoms with Crippen LogP contribution in [0.1, 0.15) is 19.4 Å². The second-order valence-corrected chi connectivity index (χ2v) is 5.99. The Morgan fingerprint density at radius 2 is 1.85 bits per heavy atom. The summed E-state index contributed by atoms with van der Waals surface area (Å²) in [5.74, 6) is -0.732. The molecule has 2 aromatic rings. The highest BCUT2D eigenvalue weighted by molar-refractivity contribution is 6.27. The number of nitro benzene ring substituents is 1. The fourth-order valence-electron chi connectivity index (χ4n) is 2.73. The first kappa shape index (κ1) is 18.1. The number of non-ortho nitro benzene ring substituents is 1. The first-order valence-corrected chi connectivity index (χ1v) is 8.23. The average Bonchev–Trinajstić information content (AvgIpc) is 2.97. The molecule has 2 aromatic carbocycles. The predicted molar refractivity (Wildman–Crippen MR) is 104 cm³/mol. The molecule has 8 heteroatoms. The molecular weight excluding hydrogens is 346 g/mol. The zero-order valence-electron chi connectivity index (χ0n) is 14.8. The minimum absolute atomic E-state index is 0.0104. The van der Waals surface area contributed by atoms with Gasteiger partial charge in [0.05, 0.1) is 28.2 Å². The number of hydrazone groups is 1. The third-order valence-electron chi connectivity index (χ3n) is 4.08. The standard InChI is InChI=1S/C19H17N5O3/c1-13(21-20-12-15-8-10-17(11-9-15)24(26)27)18-14(2)22-23(19(18)25)16-6-4-3-5-7-16/h3-12,18H,1-2H3/b20-12+,21-13-. The van der Waals surface area contributed by atoms with Gasteiger partial charge in [0.25, 0.3) is 11.6 Å². The molecule has 27 heavy (non-hydrogen) atoms. The summed E-state index contributed by atoms with van der Waals surface area (Å²) < 4.78 is 0. The Balaban J connectivity index is 1.73. The average molecular weight is 363 g/mol. The van der Waals surface area contributed by atoms with Crippen molar-refractivity contribution < 1.29 is 9.72 Å². The molecule has 136 valence electrons. The van der Waals surface area contributed by atoms with E-state index in [0.29, 0.717) is 22.7 Å². The molecule has 1 atom stereocenters. The minimum Gasteiger partial charge on any atom is -0.271 e. The number of hydrogen-bond donors (Lipinski definition) is 0. The first-order valence-electron chi connectivity index (χ1n) is 8.23. The molecule has 0 radical (unpaired) electrons. The number of nitro groups is 1. The maximum absolute atomic E-state index is 12.7. The Bertz CT molecular complexity index is 949. The monoisotopic (exact) mass is 363 g/mol. The first-order chi connectivity index (χ1) is 13.0. The molecule has 0 saturated carbocycles.